The van der Waals surface area contributed by atoms with Gasteiger partial charge in [-0.1, -0.05) is 229 Å². The number of hydrogen-bond donors (Lipinski definition) is 0. The Morgan fingerprint density at radius 1 is 0.284 bits per heavy atom. The van der Waals surface area contributed by atoms with Crippen molar-refractivity contribution in [3.63, 3.8) is 0 Å². The van der Waals surface area contributed by atoms with Crippen LogP contribution in [-0.2, 0) is 28.6 Å². The molecule has 0 heterocycles. The van der Waals surface area contributed by atoms with Gasteiger partial charge in [0.15, 0.2) is 6.10 Å². The summed E-state index contributed by atoms with van der Waals surface area (Å²) in [6.45, 7) is 6.25. The lowest BCUT2D eigenvalue weighted by Crippen LogP contribution is -2.30. The molecule has 0 bridgehead atoms. The Labute approximate surface area is 453 Å². The minimum absolute atomic E-state index is 0.119. The van der Waals surface area contributed by atoms with Crippen LogP contribution in [0.4, 0.5) is 0 Å². The molecule has 0 saturated heterocycles. The highest BCUT2D eigenvalue weighted by Crippen LogP contribution is 2.12. The maximum Gasteiger partial charge on any atom is 0.306 e. The average Bonchev–Trinajstić information content (AvgIpc) is 3.40. The second kappa shape index (κ2) is 60.3. The predicted molar refractivity (Wildman–Crippen MR) is 320 cm³/mol. The molecule has 0 amide bonds. The molecule has 0 aromatic rings. The summed E-state index contributed by atoms with van der Waals surface area (Å²) in [6, 6.07) is 0. The van der Waals surface area contributed by atoms with Crippen molar-refractivity contribution in [1.29, 1.82) is 0 Å². The quantitative estimate of drug-likeness (QED) is 0.0261. The van der Waals surface area contributed by atoms with Crippen molar-refractivity contribution in [3.8, 4) is 0 Å². The summed E-state index contributed by atoms with van der Waals surface area (Å²) in [6.07, 6.45) is 89.3. The summed E-state index contributed by atoms with van der Waals surface area (Å²) in [4.78, 5) is 38.1. The first-order valence-electron chi connectivity index (χ1n) is 29.1. The zero-order valence-corrected chi connectivity index (χ0v) is 47.0. The first-order valence-corrected chi connectivity index (χ1v) is 29.1. The minimum atomic E-state index is -0.826. The highest BCUT2D eigenvalue weighted by Gasteiger charge is 2.19. The van der Waals surface area contributed by atoms with Gasteiger partial charge in [0.1, 0.15) is 13.2 Å². The summed E-state index contributed by atoms with van der Waals surface area (Å²) in [5, 5.41) is 0. The van der Waals surface area contributed by atoms with E-state index in [9.17, 15) is 14.4 Å². The molecule has 0 aliphatic rings. The van der Waals surface area contributed by atoms with Gasteiger partial charge in [-0.2, -0.15) is 0 Å². The van der Waals surface area contributed by atoms with Gasteiger partial charge in [-0.15, -0.1) is 0 Å². The number of unbranched alkanes of at least 4 members (excludes halogenated alkanes) is 11. The van der Waals surface area contributed by atoms with Gasteiger partial charge in [0.05, 0.1) is 0 Å². The molecule has 74 heavy (non-hydrogen) atoms. The van der Waals surface area contributed by atoms with E-state index in [2.05, 4.69) is 191 Å². The highest BCUT2D eigenvalue weighted by atomic mass is 16.6. The van der Waals surface area contributed by atoms with E-state index in [1.54, 1.807) is 0 Å². The third kappa shape index (κ3) is 57.7. The lowest BCUT2D eigenvalue weighted by molar-refractivity contribution is -0.167. The fourth-order valence-corrected chi connectivity index (χ4v) is 7.14. The summed E-state index contributed by atoms with van der Waals surface area (Å²) in [7, 11) is 0. The van der Waals surface area contributed by atoms with Crippen LogP contribution in [-0.4, -0.2) is 37.2 Å². The maximum atomic E-state index is 12.8. The second-order valence-electron chi connectivity index (χ2n) is 18.4. The fourth-order valence-electron chi connectivity index (χ4n) is 7.14. The molecule has 0 N–H and O–H groups in total. The molecule has 0 spiro atoms. The number of esters is 3. The molecule has 0 saturated carbocycles. The molecule has 1 unspecified atom stereocenters. The normalized spacial score (nSPS) is 13.4. The van der Waals surface area contributed by atoms with Gasteiger partial charge in [0.2, 0.25) is 0 Å². The molecule has 6 heteroatoms. The second-order valence-corrected chi connectivity index (χ2v) is 18.4. The summed E-state index contributed by atoms with van der Waals surface area (Å²) >= 11 is 0. The smallest absolute Gasteiger partial charge is 0.306 e. The number of carbonyl (C=O) groups is 3. The molecule has 412 valence electrons. The topological polar surface area (TPSA) is 78.9 Å². The molecular formula is C68H104O6. The van der Waals surface area contributed by atoms with Crippen LogP contribution in [0.2, 0.25) is 0 Å². The van der Waals surface area contributed by atoms with Crippen LogP contribution in [0.1, 0.15) is 220 Å². The summed E-state index contributed by atoms with van der Waals surface area (Å²) in [5.74, 6) is -1.03. The van der Waals surface area contributed by atoms with Crippen LogP contribution in [0.25, 0.3) is 0 Å². The van der Waals surface area contributed by atoms with Crippen molar-refractivity contribution in [2.75, 3.05) is 13.2 Å². The molecule has 0 fully saturated rings. The SMILES string of the molecule is CC/C=C\C/C=C\C/C=C\C/C=C\C/C=C\C/C=C\C/C=C\C/C=C\C/C=C\CCCC(=O)OCC(COC(=O)CCCCCCC/C=C\CCC)OC(=O)CCCCCC/C=C\C/C=C\C/C=C\C/C=C\CC. The third-order valence-electron chi connectivity index (χ3n) is 11.4. The molecular weight excluding hydrogens is 913 g/mol. The molecule has 1 atom stereocenters. The number of ether oxygens (including phenoxy) is 3. The molecule has 0 rings (SSSR count). The van der Waals surface area contributed by atoms with Crippen LogP contribution in [0.15, 0.2) is 170 Å². The van der Waals surface area contributed by atoms with Gasteiger partial charge in [0.25, 0.3) is 0 Å². The van der Waals surface area contributed by atoms with Crippen LogP contribution < -0.4 is 0 Å². The zero-order chi connectivity index (χ0) is 53.6. The van der Waals surface area contributed by atoms with E-state index in [0.29, 0.717) is 12.8 Å². The highest BCUT2D eigenvalue weighted by molar-refractivity contribution is 5.71. The number of allylic oxidation sites excluding steroid dienone is 28. The van der Waals surface area contributed by atoms with Crippen molar-refractivity contribution in [3.05, 3.63) is 170 Å². The molecule has 0 aromatic carbocycles. The lowest BCUT2D eigenvalue weighted by Gasteiger charge is -2.18. The Kier molecular flexibility index (Phi) is 56.1. The number of carbonyl (C=O) groups excluding carboxylic acids is 3. The van der Waals surface area contributed by atoms with E-state index in [4.69, 9.17) is 14.2 Å². The first-order chi connectivity index (χ1) is 36.5. The Bertz CT molecular complexity index is 1740. The minimum Gasteiger partial charge on any atom is -0.462 e. The molecule has 6 nitrogen and oxygen atoms in total. The van der Waals surface area contributed by atoms with Gasteiger partial charge in [-0.25, -0.2) is 0 Å². The third-order valence-corrected chi connectivity index (χ3v) is 11.4. The Hall–Kier alpha value is -5.23. The fraction of sp³-hybridized carbons (Fsp3) is 0.544. The number of rotatable bonds is 50. The Balaban J connectivity index is 4.45. The van der Waals surface area contributed by atoms with E-state index in [1.165, 1.54) is 12.8 Å². The average molecular weight is 1020 g/mol. The molecule has 0 aromatic heterocycles. The van der Waals surface area contributed by atoms with Gasteiger partial charge in [0, 0.05) is 19.3 Å². The van der Waals surface area contributed by atoms with Gasteiger partial charge in [-0.05, 0) is 141 Å². The van der Waals surface area contributed by atoms with Gasteiger partial charge in [-0.3, -0.25) is 14.4 Å². The monoisotopic (exact) mass is 1020 g/mol. The summed E-state index contributed by atoms with van der Waals surface area (Å²) in [5.41, 5.74) is 0. The lowest BCUT2D eigenvalue weighted by atomic mass is 10.1. The van der Waals surface area contributed by atoms with Crippen molar-refractivity contribution in [2.45, 2.75) is 226 Å². The van der Waals surface area contributed by atoms with Crippen LogP contribution in [0.5, 0.6) is 0 Å². The summed E-state index contributed by atoms with van der Waals surface area (Å²) < 4.78 is 16.7. The predicted octanol–water partition coefficient (Wildman–Crippen LogP) is 19.9. The van der Waals surface area contributed by atoms with E-state index in [1.807, 2.05) is 0 Å². The van der Waals surface area contributed by atoms with Crippen molar-refractivity contribution >= 4 is 17.9 Å². The maximum absolute atomic E-state index is 12.8. The van der Waals surface area contributed by atoms with Crippen molar-refractivity contribution in [1.82, 2.24) is 0 Å². The van der Waals surface area contributed by atoms with E-state index in [-0.39, 0.29) is 44.0 Å². The molecule has 0 aliphatic carbocycles. The first kappa shape index (κ1) is 68.8. The Morgan fingerprint density at radius 2 is 0.541 bits per heavy atom. The van der Waals surface area contributed by atoms with Crippen LogP contribution >= 0.6 is 0 Å². The van der Waals surface area contributed by atoms with Gasteiger partial charge >= 0.3 is 17.9 Å². The van der Waals surface area contributed by atoms with E-state index >= 15 is 0 Å². The van der Waals surface area contributed by atoms with E-state index < -0.39 is 6.10 Å². The zero-order valence-electron chi connectivity index (χ0n) is 47.0. The number of hydrogen-bond acceptors (Lipinski definition) is 6. The van der Waals surface area contributed by atoms with Crippen LogP contribution in [0.3, 0.4) is 0 Å². The van der Waals surface area contributed by atoms with E-state index in [0.717, 1.165) is 161 Å². The Morgan fingerprint density at radius 3 is 0.892 bits per heavy atom. The van der Waals surface area contributed by atoms with Crippen LogP contribution in [0, 0.1) is 0 Å². The van der Waals surface area contributed by atoms with Crippen molar-refractivity contribution < 1.29 is 28.6 Å². The van der Waals surface area contributed by atoms with Gasteiger partial charge < -0.3 is 14.2 Å². The van der Waals surface area contributed by atoms with Crippen molar-refractivity contribution in [2.24, 2.45) is 0 Å². The standard InChI is InChI=1S/C68H104O6/c1-4-7-10-13-16-19-22-24-26-28-29-30-31-32-33-34-35-36-37-38-39-41-42-44-46-49-52-55-58-61-67(70)73-64-65(63-72-66(69)60-57-54-51-48-21-18-15-12-9-6-3)74-68(71)62-59-56-53-50-47-45-43-40-27-25-23-20-17-14-11-8-5-2/h7-8,10-12,15-17,19-20,24-27,29-30,32-33,35-36,38-39,42-45,49,52,65H,4-6,9,13-14,18,21-23,28,31,34,37,40-41,46-48,50-51,53-64H2,1-3H3/b10-7-,11-8-,15-12-,19-16-,20-17-,26-24-,27-25-,30-29-,33-32-,36-35-,39-38-,44-42-,45-43-,52-49-. The molecule has 0 aliphatic heterocycles. The molecule has 0 radical (unpaired) electrons. The largest absolute Gasteiger partial charge is 0.462 e.